The summed E-state index contributed by atoms with van der Waals surface area (Å²) in [4.78, 5) is 11.9. The molecule has 0 bridgehead atoms. The van der Waals surface area contributed by atoms with Crippen LogP contribution in [-0.4, -0.2) is 16.2 Å². The van der Waals surface area contributed by atoms with Crippen molar-refractivity contribution in [1.82, 2.24) is 0 Å². The number of hydrogen-bond acceptors (Lipinski definition) is 3. The number of carboxylic acids is 1. The van der Waals surface area contributed by atoms with Gasteiger partial charge in [-0.3, -0.25) is 4.79 Å². The van der Waals surface area contributed by atoms with Gasteiger partial charge in [-0.2, -0.15) is 0 Å². The Hall–Kier alpha value is -1.78. The molecule has 0 atom stereocenters. The van der Waals surface area contributed by atoms with Gasteiger partial charge in [-0.1, -0.05) is 36.4 Å². The number of hydrogen-bond donors (Lipinski definition) is 2. The Balaban J connectivity index is 2.04. The highest BCUT2D eigenvalue weighted by atomic mass is 32.2. The highest BCUT2D eigenvalue weighted by molar-refractivity contribution is 7.98. The minimum absolute atomic E-state index is 0.0480. The van der Waals surface area contributed by atoms with E-state index in [0.29, 0.717) is 0 Å². The lowest BCUT2D eigenvalue weighted by Gasteiger charge is -2.08. The predicted molar refractivity (Wildman–Crippen MR) is 79.7 cm³/mol. The summed E-state index contributed by atoms with van der Waals surface area (Å²) in [7, 11) is 0. The van der Waals surface area contributed by atoms with E-state index in [1.807, 2.05) is 48.5 Å². The first-order valence-electron chi connectivity index (χ1n) is 6.30. The van der Waals surface area contributed by atoms with Crippen LogP contribution in [0.25, 0.3) is 0 Å². The van der Waals surface area contributed by atoms with Crippen molar-refractivity contribution in [2.45, 2.75) is 23.7 Å². The van der Waals surface area contributed by atoms with Crippen LogP contribution in [0.4, 0.5) is 0 Å². The fourth-order valence-electron chi connectivity index (χ4n) is 1.89. The van der Waals surface area contributed by atoms with Crippen molar-refractivity contribution in [1.29, 1.82) is 0 Å². The van der Waals surface area contributed by atoms with Gasteiger partial charge in [0, 0.05) is 10.6 Å². The van der Waals surface area contributed by atoms with Crippen molar-refractivity contribution in [2.75, 3.05) is 0 Å². The molecule has 0 heterocycles. The van der Waals surface area contributed by atoms with E-state index in [1.165, 1.54) is 0 Å². The molecule has 4 heteroatoms. The molecule has 20 heavy (non-hydrogen) atoms. The van der Waals surface area contributed by atoms with Gasteiger partial charge in [0.05, 0.1) is 13.0 Å². The first kappa shape index (κ1) is 14.6. The summed E-state index contributed by atoms with van der Waals surface area (Å²) < 4.78 is 0. The summed E-state index contributed by atoms with van der Waals surface area (Å²) in [6.45, 7) is 0.0480. The average Bonchev–Trinajstić information content (AvgIpc) is 2.46. The van der Waals surface area contributed by atoms with Crippen LogP contribution < -0.4 is 0 Å². The summed E-state index contributed by atoms with van der Waals surface area (Å²) in [5, 5.41) is 17.9. The number of aliphatic hydroxyl groups excluding tert-OH is 1. The second kappa shape index (κ2) is 7.12. The van der Waals surface area contributed by atoms with Gasteiger partial charge in [0.1, 0.15) is 0 Å². The van der Waals surface area contributed by atoms with E-state index < -0.39 is 5.97 Å². The molecule has 0 amide bonds. The van der Waals surface area contributed by atoms with Crippen LogP contribution in [0.3, 0.4) is 0 Å². The molecule has 0 aliphatic heterocycles. The molecule has 2 aromatic carbocycles. The van der Waals surface area contributed by atoms with Gasteiger partial charge < -0.3 is 10.2 Å². The van der Waals surface area contributed by atoms with Crippen molar-refractivity contribution in [3.8, 4) is 0 Å². The number of benzene rings is 2. The van der Waals surface area contributed by atoms with E-state index in [4.69, 9.17) is 10.2 Å². The fourth-order valence-corrected chi connectivity index (χ4v) is 2.82. The number of rotatable bonds is 6. The van der Waals surface area contributed by atoms with E-state index in [0.717, 1.165) is 27.3 Å². The maximum absolute atomic E-state index is 10.8. The van der Waals surface area contributed by atoms with E-state index in [2.05, 4.69) is 0 Å². The Morgan fingerprint density at radius 2 is 1.65 bits per heavy atom. The van der Waals surface area contributed by atoms with Crippen LogP contribution >= 0.6 is 11.8 Å². The lowest BCUT2D eigenvalue weighted by molar-refractivity contribution is -0.136. The number of aliphatic carboxylic acids is 1. The standard InChI is InChI=1S/C16H16O3S/c17-10-12-5-7-15(8-6-12)20-11-14-4-2-1-3-13(14)9-16(18)19/h1-8,17H,9-11H2,(H,18,19). The molecule has 0 aromatic heterocycles. The third-order valence-corrected chi connectivity index (χ3v) is 4.02. The summed E-state index contributed by atoms with van der Waals surface area (Å²) in [6.07, 6.45) is 0.0557. The van der Waals surface area contributed by atoms with E-state index >= 15 is 0 Å². The topological polar surface area (TPSA) is 57.5 Å². The van der Waals surface area contributed by atoms with Crippen molar-refractivity contribution >= 4 is 17.7 Å². The van der Waals surface area contributed by atoms with Crippen LogP contribution in [0.15, 0.2) is 53.4 Å². The van der Waals surface area contributed by atoms with E-state index in [9.17, 15) is 4.79 Å². The molecule has 0 aliphatic rings. The van der Waals surface area contributed by atoms with Crippen molar-refractivity contribution in [3.05, 3.63) is 65.2 Å². The minimum atomic E-state index is -0.810. The second-order valence-electron chi connectivity index (χ2n) is 4.43. The smallest absolute Gasteiger partial charge is 0.307 e. The van der Waals surface area contributed by atoms with Crippen molar-refractivity contribution < 1.29 is 15.0 Å². The van der Waals surface area contributed by atoms with Crippen LogP contribution in [0.1, 0.15) is 16.7 Å². The van der Waals surface area contributed by atoms with Gasteiger partial charge in [-0.15, -0.1) is 11.8 Å². The molecule has 2 rings (SSSR count). The molecule has 0 aliphatic carbocycles. The van der Waals surface area contributed by atoms with Gasteiger partial charge in [0.25, 0.3) is 0 Å². The molecule has 3 nitrogen and oxygen atoms in total. The fraction of sp³-hybridized carbons (Fsp3) is 0.188. The normalized spacial score (nSPS) is 10.4. The van der Waals surface area contributed by atoms with E-state index in [1.54, 1.807) is 11.8 Å². The maximum atomic E-state index is 10.8. The second-order valence-corrected chi connectivity index (χ2v) is 5.48. The molecular weight excluding hydrogens is 272 g/mol. The minimum Gasteiger partial charge on any atom is -0.481 e. The average molecular weight is 288 g/mol. The molecule has 0 fully saturated rings. The summed E-state index contributed by atoms with van der Waals surface area (Å²) in [5.74, 6) is -0.0724. The zero-order valence-electron chi connectivity index (χ0n) is 11.0. The lowest BCUT2D eigenvalue weighted by atomic mass is 10.1. The van der Waals surface area contributed by atoms with Gasteiger partial charge in [-0.25, -0.2) is 0 Å². The Bertz CT molecular complexity index is 579. The lowest BCUT2D eigenvalue weighted by Crippen LogP contribution is -2.02. The predicted octanol–water partition coefficient (Wildman–Crippen LogP) is 3.10. The number of aliphatic hydroxyl groups is 1. The third-order valence-electron chi connectivity index (χ3n) is 2.96. The quantitative estimate of drug-likeness (QED) is 0.802. The number of thioether (sulfide) groups is 1. The van der Waals surface area contributed by atoms with Gasteiger partial charge >= 0.3 is 5.97 Å². The first-order chi connectivity index (χ1) is 9.69. The molecule has 0 saturated heterocycles. The Kier molecular flexibility index (Phi) is 5.21. The molecule has 0 spiro atoms. The molecule has 2 N–H and O–H groups in total. The van der Waals surface area contributed by atoms with Crippen LogP contribution in [0, 0.1) is 0 Å². The molecular formula is C16H16O3S. The molecule has 104 valence electrons. The maximum Gasteiger partial charge on any atom is 0.307 e. The first-order valence-corrected chi connectivity index (χ1v) is 7.29. The van der Waals surface area contributed by atoms with Crippen molar-refractivity contribution in [3.63, 3.8) is 0 Å². The number of carboxylic acid groups (broad SMARTS) is 1. The van der Waals surface area contributed by atoms with Crippen LogP contribution in [-0.2, 0) is 23.6 Å². The Morgan fingerprint density at radius 3 is 2.25 bits per heavy atom. The molecule has 0 unspecified atom stereocenters. The van der Waals surface area contributed by atoms with Gasteiger partial charge in [0.2, 0.25) is 0 Å². The third kappa shape index (κ3) is 4.11. The largest absolute Gasteiger partial charge is 0.481 e. The van der Waals surface area contributed by atoms with Gasteiger partial charge in [-0.05, 0) is 28.8 Å². The van der Waals surface area contributed by atoms with E-state index in [-0.39, 0.29) is 13.0 Å². The summed E-state index contributed by atoms with van der Waals surface area (Å²) in [5.41, 5.74) is 2.80. The summed E-state index contributed by atoms with van der Waals surface area (Å²) >= 11 is 1.66. The number of carbonyl (C=O) groups is 1. The molecule has 0 radical (unpaired) electrons. The highest BCUT2D eigenvalue weighted by Gasteiger charge is 2.06. The van der Waals surface area contributed by atoms with Crippen LogP contribution in [0.2, 0.25) is 0 Å². The Morgan fingerprint density at radius 1 is 1.00 bits per heavy atom. The van der Waals surface area contributed by atoms with Gasteiger partial charge in [0.15, 0.2) is 0 Å². The van der Waals surface area contributed by atoms with Crippen LogP contribution in [0.5, 0.6) is 0 Å². The highest BCUT2D eigenvalue weighted by Crippen LogP contribution is 2.25. The zero-order valence-corrected chi connectivity index (χ0v) is 11.8. The molecule has 0 saturated carbocycles. The van der Waals surface area contributed by atoms with Crippen molar-refractivity contribution in [2.24, 2.45) is 0 Å². The molecule has 2 aromatic rings. The SMILES string of the molecule is O=C(O)Cc1ccccc1CSc1ccc(CO)cc1. The summed E-state index contributed by atoms with van der Waals surface area (Å²) in [6, 6.07) is 15.3. The zero-order chi connectivity index (χ0) is 14.4. The monoisotopic (exact) mass is 288 g/mol. The Labute approximate surface area is 122 Å².